The molecule has 2 heterocycles. The molecule has 1 aromatic rings. The Balaban J connectivity index is 1.78. The number of carbonyl (C=O) groups is 3. The van der Waals surface area contributed by atoms with E-state index in [2.05, 4.69) is 5.32 Å². The molecular weight excluding hydrogens is 408 g/mol. The number of rotatable bonds is 8. The predicted molar refractivity (Wildman–Crippen MR) is 113 cm³/mol. The highest BCUT2D eigenvalue weighted by Gasteiger charge is 2.64. The van der Waals surface area contributed by atoms with Gasteiger partial charge in [-0.1, -0.05) is 25.5 Å². The molecule has 9 heteroatoms. The molecule has 8 nitrogen and oxygen atoms in total. The van der Waals surface area contributed by atoms with E-state index in [9.17, 15) is 19.5 Å². The molecule has 0 spiro atoms. The monoisotopic (exact) mass is 436 g/mol. The van der Waals surface area contributed by atoms with Crippen LogP contribution in [0.5, 0.6) is 11.5 Å². The first-order valence-electron chi connectivity index (χ1n) is 9.91. The third-order valence-electron chi connectivity index (χ3n) is 5.57. The summed E-state index contributed by atoms with van der Waals surface area (Å²) in [6.45, 7) is 7.23. The number of β-lactam (4-membered cyclic amide) rings is 1. The Morgan fingerprint density at radius 1 is 1.30 bits per heavy atom. The molecule has 0 radical (unpaired) electrons. The van der Waals surface area contributed by atoms with E-state index in [4.69, 9.17) is 9.47 Å². The first-order valence-corrected chi connectivity index (χ1v) is 10.8. The van der Waals surface area contributed by atoms with Crippen molar-refractivity contribution < 1.29 is 29.0 Å². The van der Waals surface area contributed by atoms with Gasteiger partial charge in [0.1, 0.15) is 17.5 Å². The van der Waals surface area contributed by atoms with Crippen molar-refractivity contribution >= 4 is 29.5 Å². The Hall–Kier alpha value is -2.42. The Labute approximate surface area is 180 Å². The minimum absolute atomic E-state index is 0.380. The molecule has 4 atom stereocenters. The molecule has 164 valence electrons. The van der Waals surface area contributed by atoms with Gasteiger partial charge in [-0.15, -0.1) is 11.8 Å². The number of nitrogens with one attached hydrogen (secondary N) is 1. The highest BCUT2D eigenvalue weighted by molar-refractivity contribution is 8.01. The second kappa shape index (κ2) is 8.02. The second-order valence-electron chi connectivity index (χ2n) is 8.28. The van der Waals surface area contributed by atoms with Gasteiger partial charge in [-0.25, -0.2) is 4.79 Å². The van der Waals surface area contributed by atoms with Crippen LogP contribution in [0.2, 0.25) is 0 Å². The molecule has 0 aromatic heterocycles. The third-order valence-corrected chi connectivity index (χ3v) is 7.14. The molecule has 2 fully saturated rings. The van der Waals surface area contributed by atoms with Gasteiger partial charge in [-0.2, -0.15) is 0 Å². The number of para-hydroxylation sites is 2. The lowest BCUT2D eigenvalue weighted by Gasteiger charge is -2.44. The smallest absolute Gasteiger partial charge is 0.327 e. The van der Waals surface area contributed by atoms with Crippen molar-refractivity contribution in [3.05, 3.63) is 24.3 Å². The topological polar surface area (TPSA) is 105 Å². The number of carboxylic acids is 1. The van der Waals surface area contributed by atoms with E-state index in [0.29, 0.717) is 24.3 Å². The number of nitrogens with zero attached hydrogens (tertiary/aromatic N) is 1. The van der Waals surface area contributed by atoms with Gasteiger partial charge in [-0.3, -0.25) is 9.59 Å². The maximum atomic E-state index is 13.2. The summed E-state index contributed by atoms with van der Waals surface area (Å²) in [5, 5.41) is 11.9. The quantitative estimate of drug-likeness (QED) is 0.602. The van der Waals surface area contributed by atoms with Crippen LogP contribution in [0.25, 0.3) is 0 Å². The fourth-order valence-electron chi connectivity index (χ4n) is 4.07. The fraction of sp³-hybridized carbons (Fsp3) is 0.571. The first kappa shape index (κ1) is 22.3. The summed E-state index contributed by atoms with van der Waals surface area (Å²) in [5.41, 5.74) is -1.21. The normalized spacial score (nSPS) is 26.2. The number of hydrogen-bond donors (Lipinski definition) is 2. The van der Waals surface area contributed by atoms with Crippen LogP contribution in [-0.2, 0) is 14.4 Å². The highest BCUT2D eigenvalue weighted by atomic mass is 32.2. The summed E-state index contributed by atoms with van der Waals surface area (Å²) in [7, 11) is 1.53. The number of benzene rings is 1. The zero-order valence-corrected chi connectivity index (χ0v) is 18.6. The average molecular weight is 437 g/mol. The number of amides is 2. The van der Waals surface area contributed by atoms with Gasteiger partial charge in [-0.05, 0) is 39.3 Å². The molecule has 2 aliphatic rings. The number of carboxylic acid groups (broad SMARTS) is 1. The van der Waals surface area contributed by atoms with Crippen molar-refractivity contribution in [2.75, 3.05) is 7.11 Å². The number of fused-ring (bicyclic) bond motifs is 1. The molecule has 0 saturated carbocycles. The van der Waals surface area contributed by atoms with Crippen LogP contribution in [0, 0.1) is 0 Å². The molecule has 3 rings (SSSR count). The minimum Gasteiger partial charge on any atom is -0.493 e. The zero-order chi connectivity index (χ0) is 22.3. The second-order valence-corrected chi connectivity index (χ2v) is 10.1. The van der Waals surface area contributed by atoms with Crippen LogP contribution in [-0.4, -0.2) is 62.7 Å². The lowest BCUT2D eigenvalue weighted by molar-refractivity contribution is -0.162. The van der Waals surface area contributed by atoms with Crippen LogP contribution in [0.4, 0.5) is 0 Å². The van der Waals surface area contributed by atoms with E-state index in [1.165, 1.54) is 23.8 Å². The molecule has 2 saturated heterocycles. The van der Waals surface area contributed by atoms with Gasteiger partial charge in [0.05, 0.1) is 7.11 Å². The molecule has 1 unspecified atom stereocenters. The van der Waals surface area contributed by atoms with Gasteiger partial charge < -0.3 is 24.8 Å². The SMILES string of the molecule is CCCC(C)(Oc1ccccc1OC)C(=O)N[C@@H]1C(=O)N2[C@@H]1SC(C)(C)[C@@H]2C(=O)O. The van der Waals surface area contributed by atoms with Gasteiger partial charge in [0.15, 0.2) is 17.1 Å². The van der Waals surface area contributed by atoms with E-state index in [-0.39, 0.29) is 5.91 Å². The lowest BCUT2D eigenvalue weighted by Crippen LogP contribution is -2.72. The van der Waals surface area contributed by atoms with Gasteiger partial charge >= 0.3 is 5.97 Å². The molecule has 30 heavy (non-hydrogen) atoms. The molecule has 2 N–H and O–H groups in total. The molecule has 0 aliphatic carbocycles. The number of aliphatic carboxylic acids is 1. The number of thioether (sulfide) groups is 1. The summed E-state index contributed by atoms with van der Waals surface area (Å²) in [6.07, 6.45) is 1.12. The van der Waals surface area contributed by atoms with Crippen molar-refractivity contribution in [1.82, 2.24) is 10.2 Å². The van der Waals surface area contributed by atoms with Crippen LogP contribution >= 0.6 is 11.8 Å². The van der Waals surface area contributed by atoms with E-state index in [1.807, 2.05) is 13.0 Å². The first-order chi connectivity index (χ1) is 14.1. The molecular formula is C21H28N2O6S. The Morgan fingerprint density at radius 3 is 2.50 bits per heavy atom. The van der Waals surface area contributed by atoms with Crippen molar-refractivity contribution in [3.63, 3.8) is 0 Å². The fourth-order valence-corrected chi connectivity index (χ4v) is 5.70. The van der Waals surface area contributed by atoms with Crippen molar-refractivity contribution in [2.45, 2.75) is 68.3 Å². The highest BCUT2D eigenvalue weighted by Crippen LogP contribution is 2.50. The van der Waals surface area contributed by atoms with Gasteiger partial charge in [0, 0.05) is 4.75 Å². The third kappa shape index (κ3) is 3.71. The minimum atomic E-state index is -1.21. The van der Waals surface area contributed by atoms with Crippen LogP contribution in [0.1, 0.15) is 40.5 Å². The summed E-state index contributed by atoms with van der Waals surface area (Å²) in [6, 6.07) is 5.38. The Kier molecular flexibility index (Phi) is 5.95. The molecule has 2 aliphatic heterocycles. The molecule has 0 bridgehead atoms. The van der Waals surface area contributed by atoms with Crippen molar-refractivity contribution in [1.29, 1.82) is 0 Å². The summed E-state index contributed by atoms with van der Waals surface area (Å²) in [5.74, 6) is -0.880. The lowest BCUT2D eigenvalue weighted by atomic mass is 9.94. The van der Waals surface area contributed by atoms with Crippen LogP contribution in [0.3, 0.4) is 0 Å². The van der Waals surface area contributed by atoms with Crippen LogP contribution in [0.15, 0.2) is 24.3 Å². The van der Waals surface area contributed by atoms with E-state index in [0.717, 1.165) is 0 Å². The Bertz CT molecular complexity index is 860. The van der Waals surface area contributed by atoms with Crippen molar-refractivity contribution in [3.8, 4) is 11.5 Å². The van der Waals surface area contributed by atoms with E-state index < -0.39 is 39.7 Å². The summed E-state index contributed by atoms with van der Waals surface area (Å²) in [4.78, 5) is 38.9. The van der Waals surface area contributed by atoms with E-state index in [1.54, 1.807) is 39.0 Å². The maximum Gasteiger partial charge on any atom is 0.327 e. The number of carbonyl (C=O) groups excluding carboxylic acids is 2. The summed E-state index contributed by atoms with van der Waals surface area (Å²) >= 11 is 1.39. The van der Waals surface area contributed by atoms with Crippen molar-refractivity contribution in [2.24, 2.45) is 0 Å². The number of hydrogen-bond acceptors (Lipinski definition) is 6. The summed E-state index contributed by atoms with van der Waals surface area (Å²) < 4.78 is 10.8. The van der Waals surface area contributed by atoms with Crippen LogP contribution < -0.4 is 14.8 Å². The zero-order valence-electron chi connectivity index (χ0n) is 17.8. The predicted octanol–water partition coefficient (Wildman–Crippen LogP) is 2.26. The largest absolute Gasteiger partial charge is 0.493 e. The van der Waals surface area contributed by atoms with Gasteiger partial charge in [0.25, 0.3) is 5.91 Å². The molecule has 1 aromatic carbocycles. The molecule has 2 amide bonds. The average Bonchev–Trinajstić information content (AvgIpc) is 2.94. The number of methoxy groups -OCH3 is 1. The van der Waals surface area contributed by atoms with E-state index >= 15 is 0 Å². The number of ether oxygens (including phenoxy) is 2. The standard InChI is InChI=1S/C21H28N2O6S/c1-6-11-21(4,29-13-10-8-7-9-12(13)28-5)19(27)22-14-16(24)23-15(18(25)26)20(2,3)30-17(14)23/h7-10,14-15,17H,6,11H2,1-5H3,(H,22,27)(H,25,26)/t14-,15+,17-,21?/m1/s1. The van der Waals surface area contributed by atoms with Gasteiger partial charge in [0.2, 0.25) is 5.91 Å². The Morgan fingerprint density at radius 2 is 1.93 bits per heavy atom. The maximum absolute atomic E-state index is 13.2.